The predicted octanol–water partition coefficient (Wildman–Crippen LogP) is 10.5. The van der Waals surface area contributed by atoms with Gasteiger partial charge in [-0.2, -0.15) is 8.42 Å². The monoisotopic (exact) mass is 723 g/mol. The second-order valence-corrected chi connectivity index (χ2v) is 15.6. The maximum absolute atomic E-state index is 12.9. The summed E-state index contributed by atoms with van der Waals surface area (Å²) in [6.45, 7) is 4.52. The van der Waals surface area contributed by atoms with Gasteiger partial charge in [0.25, 0.3) is 10.1 Å². The van der Waals surface area contributed by atoms with E-state index in [-0.39, 0.29) is 72.1 Å². The van der Waals surface area contributed by atoms with E-state index in [1.807, 2.05) is 0 Å². The molecule has 7 nitrogen and oxygen atoms in total. The Kier molecular flexibility index (Phi) is 41.7. The molecule has 0 rings (SSSR count). The van der Waals surface area contributed by atoms with Gasteiger partial charge in [0.2, 0.25) is 4.75 Å². The van der Waals surface area contributed by atoms with E-state index >= 15 is 0 Å². The molecule has 0 aromatic rings. The molecule has 2 N–H and O–H groups in total. The van der Waals surface area contributed by atoms with Crippen molar-refractivity contribution in [3.8, 4) is 0 Å². The zero-order valence-electron chi connectivity index (χ0n) is 30.2. The van der Waals surface area contributed by atoms with Crippen LogP contribution in [0.1, 0.15) is 219 Å². The van der Waals surface area contributed by atoms with Crippen LogP contribution in [0.2, 0.25) is 0 Å². The van der Waals surface area contributed by atoms with Crippen LogP contribution in [0.4, 0.5) is 0 Å². The normalized spacial score (nSPS) is 12.6. The molecule has 0 radical (unpaired) electrons. The third-order valence-corrected chi connectivity index (χ3v) is 11.0. The molecule has 0 amide bonds. The zero-order chi connectivity index (χ0) is 34.2. The van der Waals surface area contributed by atoms with E-state index in [4.69, 9.17) is 4.74 Å². The minimum absolute atomic E-state index is 0. The summed E-state index contributed by atoms with van der Waals surface area (Å²) in [5.41, 5.74) is 0. The van der Waals surface area contributed by atoms with Gasteiger partial charge in [0.1, 0.15) is 0 Å². The van der Waals surface area contributed by atoms with Gasteiger partial charge in [0.15, 0.2) is 0 Å². The second-order valence-electron chi connectivity index (χ2n) is 13.8. The van der Waals surface area contributed by atoms with Crippen LogP contribution in [0, 0.1) is 0 Å². The molecule has 0 saturated carbocycles. The molecule has 0 aliphatic carbocycles. The molecule has 0 saturated heterocycles. The van der Waals surface area contributed by atoms with Crippen molar-refractivity contribution in [3.63, 3.8) is 0 Å². The number of carboxylic acids is 1. The number of rotatable bonds is 36. The number of carbonyl (C=O) groups excluding carboxylic acids is 1. The zero-order valence-corrected chi connectivity index (χ0v) is 31.0. The molecule has 1 atom stereocenters. The van der Waals surface area contributed by atoms with Crippen LogP contribution in [0.15, 0.2) is 0 Å². The van der Waals surface area contributed by atoms with Crippen molar-refractivity contribution in [2.24, 2.45) is 0 Å². The summed E-state index contributed by atoms with van der Waals surface area (Å²) in [6.07, 6.45) is 34.0. The standard InChI is InChI=1S/C38H74O7S.2Na.2H/c1-3-5-7-9-11-13-15-17-19-20-21-23-25-27-29-31-33-38(35-36(39)40,46(42,43)44)37(41)45-34-32-30-28-26-24-22-18-16-14-12-10-8-6-4-2;;;;/h3-35H2,1-2H3,(H,39,40)(H,42,43,44);;;;. The number of carbonyl (C=O) groups is 2. The molecule has 1 unspecified atom stereocenters. The van der Waals surface area contributed by atoms with Crippen LogP contribution in [0.25, 0.3) is 0 Å². The number of hydrogen-bond donors (Lipinski definition) is 2. The fraction of sp³-hybridized carbons (Fsp3) is 0.947. The van der Waals surface area contributed by atoms with Gasteiger partial charge < -0.3 is 9.84 Å². The number of esters is 1. The summed E-state index contributed by atoms with van der Waals surface area (Å²) < 4.78 is 37.6. The third-order valence-electron chi connectivity index (χ3n) is 9.47. The topological polar surface area (TPSA) is 118 Å². The van der Waals surface area contributed by atoms with Gasteiger partial charge in [-0.3, -0.25) is 14.1 Å². The summed E-state index contributed by atoms with van der Waals surface area (Å²) in [7, 11) is -4.97. The Bertz CT molecular complexity index is 826. The van der Waals surface area contributed by atoms with Crippen molar-refractivity contribution in [1.82, 2.24) is 0 Å². The third kappa shape index (κ3) is 30.5. The van der Waals surface area contributed by atoms with E-state index in [2.05, 4.69) is 13.8 Å². The van der Waals surface area contributed by atoms with Crippen LogP contribution in [-0.2, 0) is 24.4 Å². The van der Waals surface area contributed by atoms with Crippen LogP contribution in [-0.4, -0.2) is 100 Å². The van der Waals surface area contributed by atoms with E-state index in [0.717, 1.165) is 38.5 Å². The van der Waals surface area contributed by atoms with Gasteiger partial charge in [-0.1, -0.05) is 200 Å². The predicted molar refractivity (Wildman–Crippen MR) is 206 cm³/mol. The Morgan fingerprint density at radius 1 is 0.500 bits per heavy atom. The van der Waals surface area contributed by atoms with Crippen molar-refractivity contribution in [2.45, 2.75) is 224 Å². The summed E-state index contributed by atoms with van der Waals surface area (Å²) in [5.74, 6) is -2.57. The molecular formula is C38H76Na2O7S. The first-order chi connectivity index (χ1) is 22.2. The number of unbranched alkanes of at least 4 members (excludes halogenated alkanes) is 28. The Labute approximate surface area is 341 Å². The van der Waals surface area contributed by atoms with Crippen molar-refractivity contribution in [2.75, 3.05) is 6.61 Å². The quantitative estimate of drug-likeness (QED) is 0.0286. The van der Waals surface area contributed by atoms with E-state index in [1.54, 1.807) is 0 Å². The Morgan fingerprint density at radius 2 is 0.771 bits per heavy atom. The molecule has 0 aromatic carbocycles. The first-order valence-corrected chi connectivity index (χ1v) is 21.0. The average molecular weight is 723 g/mol. The number of carboxylic acid groups (broad SMARTS) is 1. The summed E-state index contributed by atoms with van der Waals surface area (Å²) in [6, 6.07) is 0. The molecular weight excluding hydrogens is 646 g/mol. The van der Waals surface area contributed by atoms with Gasteiger partial charge in [-0.25, -0.2) is 0 Å². The Hall–Kier alpha value is 0.850. The fourth-order valence-electron chi connectivity index (χ4n) is 6.38. The Morgan fingerprint density at radius 3 is 1.04 bits per heavy atom. The van der Waals surface area contributed by atoms with E-state index in [1.165, 1.54) is 135 Å². The molecule has 0 aromatic heterocycles. The van der Waals surface area contributed by atoms with Gasteiger partial charge in [0, 0.05) is 0 Å². The van der Waals surface area contributed by atoms with Crippen molar-refractivity contribution in [3.05, 3.63) is 0 Å². The summed E-state index contributed by atoms with van der Waals surface area (Å²) >= 11 is 0. The van der Waals surface area contributed by atoms with Gasteiger partial charge in [-0.05, 0) is 12.8 Å². The first-order valence-electron chi connectivity index (χ1n) is 19.6. The van der Waals surface area contributed by atoms with E-state index < -0.39 is 33.2 Å². The van der Waals surface area contributed by atoms with E-state index in [0.29, 0.717) is 19.3 Å². The van der Waals surface area contributed by atoms with Crippen LogP contribution < -0.4 is 0 Å². The molecule has 0 bridgehead atoms. The maximum atomic E-state index is 12.9. The number of ether oxygens (including phenoxy) is 1. The first kappa shape index (κ1) is 53.2. The van der Waals surface area contributed by atoms with Crippen molar-refractivity contribution >= 4 is 81.2 Å². The molecule has 0 spiro atoms. The Balaban J connectivity index is -0.0000101. The molecule has 0 aliphatic rings. The van der Waals surface area contributed by atoms with Crippen LogP contribution in [0.3, 0.4) is 0 Å². The van der Waals surface area contributed by atoms with Gasteiger partial charge in [0.05, 0.1) is 13.0 Å². The summed E-state index contributed by atoms with van der Waals surface area (Å²) in [5, 5.41) is 9.42. The van der Waals surface area contributed by atoms with Gasteiger partial charge >= 0.3 is 71.1 Å². The molecule has 0 aliphatic heterocycles. The van der Waals surface area contributed by atoms with E-state index in [9.17, 15) is 27.7 Å². The SMILES string of the molecule is CCCCCCCCCCCCCCCCCCC(CC(=O)O)(C(=O)OCCCCCCCCCCCCCCCC)S(=O)(=O)O.[NaH].[NaH]. The molecule has 278 valence electrons. The van der Waals surface area contributed by atoms with Crippen molar-refractivity contribution < 1.29 is 32.4 Å². The summed E-state index contributed by atoms with van der Waals surface area (Å²) in [4.78, 5) is 24.5. The fourth-order valence-corrected chi connectivity index (χ4v) is 7.36. The second kappa shape index (κ2) is 37.6. The average Bonchev–Trinajstić information content (AvgIpc) is 3.01. The molecule has 0 fully saturated rings. The number of aliphatic carboxylic acids is 1. The van der Waals surface area contributed by atoms with Crippen LogP contribution in [0.5, 0.6) is 0 Å². The molecule has 10 heteroatoms. The number of hydrogen-bond acceptors (Lipinski definition) is 5. The molecule has 0 heterocycles. The van der Waals surface area contributed by atoms with Gasteiger partial charge in [-0.15, -0.1) is 0 Å². The molecule has 48 heavy (non-hydrogen) atoms. The van der Waals surface area contributed by atoms with Crippen LogP contribution >= 0.6 is 0 Å². The van der Waals surface area contributed by atoms with Crippen molar-refractivity contribution in [1.29, 1.82) is 0 Å². The minimum atomic E-state index is -4.97.